The zero-order valence-electron chi connectivity index (χ0n) is 15.7. The number of aromatic amines is 1. The van der Waals surface area contributed by atoms with Crippen LogP contribution in [0.3, 0.4) is 0 Å². The van der Waals surface area contributed by atoms with Crippen LogP contribution in [0.15, 0.2) is 28.7 Å². The van der Waals surface area contributed by atoms with Crippen molar-refractivity contribution in [1.82, 2.24) is 15.2 Å². The second-order valence-electron chi connectivity index (χ2n) is 7.17. The van der Waals surface area contributed by atoms with Crippen molar-refractivity contribution in [2.24, 2.45) is 0 Å². The number of fused-ring (bicyclic) bond motifs is 1. The molecule has 1 aliphatic rings. The van der Waals surface area contributed by atoms with Gasteiger partial charge in [0.15, 0.2) is 0 Å². The molecule has 0 saturated carbocycles. The van der Waals surface area contributed by atoms with Crippen LogP contribution in [0.5, 0.6) is 0 Å². The SMILES string of the molecule is CC(C)(C)OC(=O)N1CCCC1.CNC(=O)c1cc2ccc(Br)cc2[nH]1. The lowest BCUT2D eigenvalue weighted by Crippen LogP contribution is -2.34. The second kappa shape index (κ2) is 8.58. The van der Waals surface area contributed by atoms with Crippen LogP contribution < -0.4 is 5.32 Å². The monoisotopic (exact) mass is 423 g/mol. The van der Waals surface area contributed by atoms with E-state index in [1.165, 1.54) is 0 Å². The number of benzene rings is 1. The number of hydrogen-bond acceptors (Lipinski definition) is 3. The summed E-state index contributed by atoms with van der Waals surface area (Å²) in [6.07, 6.45) is 2.05. The highest BCUT2D eigenvalue weighted by molar-refractivity contribution is 9.10. The number of likely N-dealkylation sites (tertiary alicyclic amines) is 1. The van der Waals surface area contributed by atoms with Crippen LogP contribution in [0, 0.1) is 0 Å². The Morgan fingerprint density at radius 1 is 1.19 bits per heavy atom. The molecular formula is C19H26BrN3O3. The van der Waals surface area contributed by atoms with Crippen molar-refractivity contribution in [2.45, 2.75) is 39.2 Å². The molecule has 3 rings (SSSR count). The summed E-state index contributed by atoms with van der Waals surface area (Å²) in [5, 5.41) is 3.61. The third-order valence-corrected chi connectivity index (χ3v) is 4.31. The number of nitrogens with one attached hydrogen (secondary N) is 2. The van der Waals surface area contributed by atoms with Gasteiger partial charge in [0.2, 0.25) is 0 Å². The Morgan fingerprint density at radius 3 is 2.42 bits per heavy atom. The molecule has 7 heteroatoms. The number of ether oxygens (including phenoxy) is 1. The van der Waals surface area contributed by atoms with E-state index >= 15 is 0 Å². The number of amides is 2. The molecule has 0 unspecified atom stereocenters. The van der Waals surface area contributed by atoms with Crippen molar-refractivity contribution in [1.29, 1.82) is 0 Å². The molecule has 2 aromatic rings. The zero-order valence-corrected chi connectivity index (χ0v) is 17.3. The average Bonchev–Trinajstić information content (AvgIpc) is 3.22. The molecule has 0 atom stereocenters. The van der Waals surface area contributed by atoms with Gasteiger partial charge in [0.25, 0.3) is 5.91 Å². The Morgan fingerprint density at radius 2 is 1.85 bits per heavy atom. The van der Waals surface area contributed by atoms with Gasteiger partial charge in [-0.25, -0.2) is 4.79 Å². The number of halogens is 1. The minimum Gasteiger partial charge on any atom is -0.444 e. The molecule has 2 N–H and O–H groups in total. The number of carbonyl (C=O) groups is 2. The average molecular weight is 424 g/mol. The number of H-pyrrole nitrogens is 1. The molecular weight excluding hydrogens is 398 g/mol. The Kier molecular flexibility index (Phi) is 6.69. The molecule has 2 amide bonds. The Balaban J connectivity index is 0.000000190. The van der Waals surface area contributed by atoms with Gasteiger partial charge in [-0.1, -0.05) is 22.0 Å². The first-order chi connectivity index (χ1) is 12.2. The highest BCUT2D eigenvalue weighted by atomic mass is 79.9. The third-order valence-electron chi connectivity index (χ3n) is 3.81. The van der Waals surface area contributed by atoms with Crippen molar-refractivity contribution in [2.75, 3.05) is 20.1 Å². The van der Waals surface area contributed by atoms with Crippen molar-refractivity contribution >= 4 is 38.8 Å². The van der Waals surface area contributed by atoms with Crippen LogP contribution in [0.1, 0.15) is 44.1 Å². The first-order valence-corrected chi connectivity index (χ1v) is 9.47. The highest BCUT2D eigenvalue weighted by Crippen LogP contribution is 2.20. The van der Waals surface area contributed by atoms with Crippen LogP contribution in [0.25, 0.3) is 10.9 Å². The Bertz CT molecular complexity index is 774. The summed E-state index contributed by atoms with van der Waals surface area (Å²) >= 11 is 3.38. The number of rotatable bonds is 1. The van der Waals surface area contributed by atoms with E-state index in [9.17, 15) is 9.59 Å². The summed E-state index contributed by atoms with van der Waals surface area (Å²) in [6, 6.07) is 7.69. The van der Waals surface area contributed by atoms with Crippen molar-refractivity contribution < 1.29 is 14.3 Å². The van der Waals surface area contributed by atoms with Crippen LogP contribution in [0.4, 0.5) is 4.79 Å². The Labute approximate surface area is 162 Å². The lowest BCUT2D eigenvalue weighted by atomic mass is 10.2. The largest absolute Gasteiger partial charge is 0.444 e. The van der Waals surface area contributed by atoms with E-state index in [1.807, 2.05) is 45.0 Å². The van der Waals surface area contributed by atoms with E-state index in [1.54, 1.807) is 11.9 Å². The van der Waals surface area contributed by atoms with Crippen LogP contribution >= 0.6 is 15.9 Å². The Hall–Kier alpha value is -2.02. The number of hydrogen-bond donors (Lipinski definition) is 2. The van der Waals surface area contributed by atoms with Gasteiger partial charge < -0.3 is 19.9 Å². The summed E-state index contributed by atoms with van der Waals surface area (Å²) < 4.78 is 6.20. The van der Waals surface area contributed by atoms with Gasteiger partial charge in [-0.15, -0.1) is 0 Å². The zero-order chi connectivity index (χ0) is 19.3. The van der Waals surface area contributed by atoms with Gasteiger partial charge in [-0.05, 0) is 51.8 Å². The van der Waals surface area contributed by atoms with Crippen LogP contribution in [-0.4, -0.2) is 47.6 Å². The van der Waals surface area contributed by atoms with Crippen LogP contribution in [0.2, 0.25) is 0 Å². The molecule has 1 aromatic carbocycles. The predicted octanol–water partition coefficient (Wildman–Crippen LogP) is 4.31. The maximum atomic E-state index is 11.4. The molecule has 0 aliphatic carbocycles. The maximum absolute atomic E-state index is 11.4. The molecule has 1 fully saturated rings. The van der Waals surface area contributed by atoms with E-state index in [0.29, 0.717) is 5.69 Å². The highest BCUT2D eigenvalue weighted by Gasteiger charge is 2.23. The minimum atomic E-state index is -0.361. The van der Waals surface area contributed by atoms with Gasteiger partial charge in [-0.3, -0.25) is 4.79 Å². The van der Waals surface area contributed by atoms with E-state index in [-0.39, 0.29) is 17.6 Å². The molecule has 2 heterocycles. The standard InChI is InChI=1S/C10H9BrN2O.C9H17NO2/c1-12-10(14)9-4-6-2-3-7(11)5-8(6)13-9;1-9(2,3)12-8(11)10-6-4-5-7-10/h2-5,13H,1H3,(H,12,14);4-7H2,1-3H3. The molecule has 0 radical (unpaired) electrons. The molecule has 1 aliphatic heterocycles. The number of carbonyl (C=O) groups excluding carboxylic acids is 2. The molecule has 1 saturated heterocycles. The molecule has 6 nitrogen and oxygen atoms in total. The van der Waals surface area contributed by atoms with Gasteiger partial charge in [-0.2, -0.15) is 0 Å². The van der Waals surface area contributed by atoms with Gasteiger partial charge in [0, 0.05) is 35.5 Å². The first-order valence-electron chi connectivity index (χ1n) is 8.68. The normalized spacial score (nSPS) is 14.0. The summed E-state index contributed by atoms with van der Waals surface area (Å²) in [5.41, 5.74) is 1.18. The molecule has 26 heavy (non-hydrogen) atoms. The second-order valence-corrected chi connectivity index (χ2v) is 8.08. The molecule has 142 valence electrons. The van der Waals surface area contributed by atoms with Crippen molar-refractivity contribution in [3.05, 3.63) is 34.4 Å². The van der Waals surface area contributed by atoms with E-state index < -0.39 is 0 Å². The lowest BCUT2D eigenvalue weighted by Gasteiger charge is -2.23. The minimum absolute atomic E-state index is 0.0997. The third kappa shape index (κ3) is 5.76. The fourth-order valence-corrected chi connectivity index (χ4v) is 2.94. The lowest BCUT2D eigenvalue weighted by molar-refractivity contribution is 0.0295. The van der Waals surface area contributed by atoms with Crippen molar-refractivity contribution in [3.8, 4) is 0 Å². The first kappa shape index (κ1) is 20.3. The molecule has 0 spiro atoms. The summed E-state index contributed by atoms with van der Waals surface area (Å²) in [4.78, 5) is 27.5. The summed E-state index contributed by atoms with van der Waals surface area (Å²) in [5.74, 6) is -0.0997. The topological polar surface area (TPSA) is 74.4 Å². The van der Waals surface area contributed by atoms with E-state index in [0.717, 1.165) is 41.3 Å². The van der Waals surface area contributed by atoms with Crippen LogP contribution in [-0.2, 0) is 4.74 Å². The molecule has 1 aromatic heterocycles. The van der Waals surface area contributed by atoms with Gasteiger partial charge in [0.05, 0.1) is 0 Å². The van der Waals surface area contributed by atoms with Gasteiger partial charge in [0.1, 0.15) is 11.3 Å². The number of nitrogens with zero attached hydrogens (tertiary/aromatic N) is 1. The fourth-order valence-electron chi connectivity index (χ4n) is 2.58. The summed E-state index contributed by atoms with van der Waals surface area (Å²) in [6.45, 7) is 7.38. The fraction of sp³-hybridized carbons (Fsp3) is 0.474. The quantitative estimate of drug-likeness (QED) is 0.717. The van der Waals surface area contributed by atoms with Crippen molar-refractivity contribution in [3.63, 3.8) is 0 Å². The molecule has 0 bridgehead atoms. The maximum Gasteiger partial charge on any atom is 0.410 e. The van der Waals surface area contributed by atoms with E-state index in [2.05, 4.69) is 26.2 Å². The van der Waals surface area contributed by atoms with Gasteiger partial charge >= 0.3 is 6.09 Å². The van der Waals surface area contributed by atoms with E-state index in [4.69, 9.17) is 4.74 Å². The summed E-state index contributed by atoms with van der Waals surface area (Å²) in [7, 11) is 1.61. The predicted molar refractivity (Wildman–Crippen MR) is 106 cm³/mol. The number of aromatic nitrogens is 1. The smallest absolute Gasteiger partial charge is 0.410 e.